The predicted molar refractivity (Wildman–Crippen MR) is 93.3 cm³/mol. The molecule has 0 saturated carbocycles. The molecule has 0 aromatic heterocycles. The molecule has 0 bridgehead atoms. The Morgan fingerprint density at radius 2 is 2.24 bits per heavy atom. The molecule has 1 fully saturated rings. The van der Waals surface area contributed by atoms with Gasteiger partial charge in [0.05, 0.1) is 0 Å². The summed E-state index contributed by atoms with van der Waals surface area (Å²) in [6.07, 6.45) is 2.47. The van der Waals surface area contributed by atoms with Crippen molar-refractivity contribution in [1.82, 2.24) is 4.90 Å². The average molecular weight is 305 g/mol. The van der Waals surface area contributed by atoms with Crippen LogP contribution < -0.4 is 10.6 Å². The Bertz CT molecular complexity index is 491. The summed E-state index contributed by atoms with van der Waals surface area (Å²) in [4.78, 5) is 4.95. The van der Waals surface area contributed by atoms with Crippen LogP contribution in [0.15, 0.2) is 18.2 Å². The molecule has 1 aromatic rings. The van der Waals surface area contributed by atoms with E-state index in [1.54, 1.807) is 0 Å². The van der Waals surface area contributed by atoms with Crippen molar-refractivity contribution in [2.24, 2.45) is 5.73 Å². The third-order valence-corrected chi connectivity index (χ3v) is 5.91. The van der Waals surface area contributed by atoms with Crippen LogP contribution in [0.25, 0.3) is 0 Å². The summed E-state index contributed by atoms with van der Waals surface area (Å²) >= 11 is 2.08. The molecule has 3 rings (SSSR count). The first-order chi connectivity index (χ1) is 10.2. The van der Waals surface area contributed by atoms with E-state index in [2.05, 4.69) is 53.7 Å². The summed E-state index contributed by atoms with van der Waals surface area (Å²) in [6.45, 7) is 6.53. The molecule has 2 aliphatic heterocycles. The lowest BCUT2D eigenvalue weighted by Crippen LogP contribution is -2.42. The van der Waals surface area contributed by atoms with Crippen LogP contribution in [0.4, 0.5) is 5.69 Å². The maximum atomic E-state index is 6.13. The number of hydrogen-bond acceptors (Lipinski definition) is 4. The Kier molecular flexibility index (Phi) is 4.77. The lowest BCUT2D eigenvalue weighted by Gasteiger charge is -2.37. The highest BCUT2D eigenvalue weighted by molar-refractivity contribution is 7.99. The molecule has 1 aromatic carbocycles. The minimum atomic E-state index is 0.380. The van der Waals surface area contributed by atoms with Gasteiger partial charge >= 0.3 is 0 Å². The van der Waals surface area contributed by atoms with Crippen molar-refractivity contribution in [1.29, 1.82) is 0 Å². The lowest BCUT2D eigenvalue weighted by atomic mass is 9.96. The van der Waals surface area contributed by atoms with E-state index < -0.39 is 0 Å². The fraction of sp³-hybridized carbons (Fsp3) is 0.647. The van der Waals surface area contributed by atoms with Gasteiger partial charge in [-0.1, -0.05) is 19.1 Å². The molecule has 2 heterocycles. The van der Waals surface area contributed by atoms with Crippen molar-refractivity contribution in [3.63, 3.8) is 0 Å². The molecule has 0 radical (unpaired) electrons. The van der Waals surface area contributed by atoms with E-state index in [4.69, 9.17) is 5.73 Å². The Balaban J connectivity index is 1.84. The summed E-state index contributed by atoms with van der Waals surface area (Å²) in [7, 11) is 2.20. The van der Waals surface area contributed by atoms with Crippen molar-refractivity contribution in [2.75, 3.05) is 43.9 Å². The zero-order chi connectivity index (χ0) is 14.8. The molecule has 1 saturated heterocycles. The highest BCUT2D eigenvalue weighted by Gasteiger charge is 2.25. The maximum absolute atomic E-state index is 6.13. The van der Waals surface area contributed by atoms with E-state index in [1.807, 2.05) is 0 Å². The Labute approximate surface area is 132 Å². The summed E-state index contributed by atoms with van der Waals surface area (Å²) in [5.74, 6) is 1.23. The van der Waals surface area contributed by atoms with E-state index in [0.29, 0.717) is 12.6 Å². The second kappa shape index (κ2) is 6.59. The Hall–Kier alpha value is -0.710. The van der Waals surface area contributed by atoms with E-state index >= 15 is 0 Å². The van der Waals surface area contributed by atoms with Crippen molar-refractivity contribution >= 4 is 17.4 Å². The van der Waals surface area contributed by atoms with Gasteiger partial charge < -0.3 is 10.6 Å². The SMILES string of the molecule is CC1CN(C(CN)c2ccc3c(c2)CCCN3C)CCS1. The molecular formula is C17H27N3S. The zero-order valence-corrected chi connectivity index (χ0v) is 14.0. The zero-order valence-electron chi connectivity index (χ0n) is 13.2. The molecule has 0 aliphatic carbocycles. The topological polar surface area (TPSA) is 32.5 Å². The number of nitrogens with two attached hydrogens (primary N) is 1. The van der Waals surface area contributed by atoms with Gasteiger partial charge in [-0.15, -0.1) is 0 Å². The molecule has 3 nitrogen and oxygen atoms in total. The van der Waals surface area contributed by atoms with Gasteiger partial charge in [-0.25, -0.2) is 0 Å². The molecular weight excluding hydrogens is 278 g/mol. The first-order valence-corrected chi connectivity index (χ1v) is 9.13. The largest absolute Gasteiger partial charge is 0.374 e. The Morgan fingerprint density at radius 1 is 1.38 bits per heavy atom. The first kappa shape index (κ1) is 15.2. The molecule has 4 heteroatoms. The summed E-state index contributed by atoms with van der Waals surface area (Å²) in [6, 6.07) is 7.39. The maximum Gasteiger partial charge on any atom is 0.0471 e. The molecule has 2 atom stereocenters. The van der Waals surface area contributed by atoms with Gasteiger partial charge in [0.25, 0.3) is 0 Å². The number of aryl methyl sites for hydroxylation is 1. The van der Waals surface area contributed by atoms with E-state index in [0.717, 1.165) is 18.3 Å². The van der Waals surface area contributed by atoms with E-state index in [-0.39, 0.29) is 0 Å². The number of benzene rings is 1. The minimum Gasteiger partial charge on any atom is -0.374 e. The first-order valence-electron chi connectivity index (χ1n) is 8.08. The molecule has 0 spiro atoms. The van der Waals surface area contributed by atoms with Gasteiger partial charge in [0, 0.05) is 56.0 Å². The highest BCUT2D eigenvalue weighted by atomic mass is 32.2. The monoisotopic (exact) mass is 305 g/mol. The lowest BCUT2D eigenvalue weighted by molar-refractivity contribution is 0.211. The van der Waals surface area contributed by atoms with Crippen molar-refractivity contribution in [2.45, 2.75) is 31.1 Å². The van der Waals surface area contributed by atoms with Crippen LogP contribution in [-0.4, -0.2) is 49.1 Å². The molecule has 2 unspecified atom stereocenters. The van der Waals surface area contributed by atoms with Gasteiger partial charge in [0.1, 0.15) is 0 Å². The number of fused-ring (bicyclic) bond motifs is 1. The molecule has 2 aliphatic rings. The minimum absolute atomic E-state index is 0.380. The second-order valence-electron chi connectivity index (χ2n) is 6.34. The van der Waals surface area contributed by atoms with Crippen molar-refractivity contribution in [3.8, 4) is 0 Å². The average Bonchev–Trinajstić information content (AvgIpc) is 2.48. The van der Waals surface area contributed by atoms with Gasteiger partial charge in [-0.3, -0.25) is 4.90 Å². The molecule has 0 amide bonds. The number of anilines is 1. The summed E-state index contributed by atoms with van der Waals surface area (Å²) in [5.41, 5.74) is 10.4. The fourth-order valence-electron chi connectivity index (χ4n) is 3.64. The second-order valence-corrected chi connectivity index (χ2v) is 7.89. The van der Waals surface area contributed by atoms with Crippen LogP contribution in [0.2, 0.25) is 0 Å². The van der Waals surface area contributed by atoms with Crippen molar-refractivity contribution < 1.29 is 0 Å². The molecule has 21 heavy (non-hydrogen) atoms. The van der Waals surface area contributed by atoms with Gasteiger partial charge in [-0.05, 0) is 30.0 Å². The van der Waals surface area contributed by atoms with Crippen molar-refractivity contribution in [3.05, 3.63) is 29.3 Å². The number of thioether (sulfide) groups is 1. The van der Waals surface area contributed by atoms with Crippen LogP contribution in [0.3, 0.4) is 0 Å². The fourth-order valence-corrected chi connectivity index (χ4v) is 4.68. The van der Waals surface area contributed by atoms with Crippen LogP contribution in [-0.2, 0) is 6.42 Å². The van der Waals surface area contributed by atoms with E-state index in [1.165, 1.54) is 42.0 Å². The van der Waals surface area contributed by atoms with Crippen LogP contribution in [0.1, 0.15) is 30.5 Å². The van der Waals surface area contributed by atoms with Crippen LogP contribution >= 0.6 is 11.8 Å². The number of hydrogen-bond donors (Lipinski definition) is 1. The number of rotatable bonds is 3. The Morgan fingerprint density at radius 3 is 3.00 bits per heavy atom. The third kappa shape index (κ3) is 3.22. The quantitative estimate of drug-likeness (QED) is 0.930. The standard InChI is InChI=1S/C17H27N3S/c1-13-12-20(8-9-21-13)17(11-18)15-5-6-16-14(10-15)4-3-7-19(16)2/h5-6,10,13,17H,3-4,7-9,11-12,18H2,1-2H3. The van der Waals surface area contributed by atoms with Crippen LogP contribution in [0.5, 0.6) is 0 Å². The van der Waals surface area contributed by atoms with E-state index in [9.17, 15) is 0 Å². The summed E-state index contributed by atoms with van der Waals surface area (Å²) in [5, 5.41) is 0.719. The normalized spacial score (nSPS) is 24.7. The summed E-state index contributed by atoms with van der Waals surface area (Å²) < 4.78 is 0. The highest BCUT2D eigenvalue weighted by Crippen LogP contribution is 2.32. The van der Waals surface area contributed by atoms with Gasteiger partial charge in [0.2, 0.25) is 0 Å². The van der Waals surface area contributed by atoms with Gasteiger partial charge in [-0.2, -0.15) is 11.8 Å². The predicted octanol–water partition coefficient (Wildman–Crippen LogP) is 2.51. The smallest absolute Gasteiger partial charge is 0.0471 e. The van der Waals surface area contributed by atoms with Gasteiger partial charge in [0.15, 0.2) is 0 Å². The molecule has 2 N–H and O–H groups in total. The third-order valence-electron chi connectivity index (χ3n) is 4.78. The number of nitrogens with zero attached hydrogens (tertiary/aromatic N) is 2. The molecule has 116 valence electrons. The van der Waals surface area contributed by atoms with Crippen LogP contribution in [0, 0.1) is 0 Å².